The minimum absolute atomic E-state index is 0.0120. The highest BCUT2D eigenvalue weighted by Crippen LogP contribution is 2.68. The van der Waals surface area contributed by atoms with E-state index >= 15 is 0 Å². The molecule has 0 saturated carbocycles. The van der Waals surface area contributed by atoms with E-state index in [1.807, 2.05) is 0 Å². The fraction of sp³-hybridized carbons (Fsp3) is 1.00. The van der Waals surface area contributed by atoms with Gasteiger partial charge >= 0.3 is 0 Å². The van der Waals surface area contributed by atoms with Gasteiger partial charge in [-0.3, -0.25) is 0 Å². The Labute approximate surface area is 103 Å². The van der Waals surface area contributed by atoms with Gasteiger partial charge in [-0.15, -0.1) is 0 Å². The second kappa shape index (κ2) is 4.94. The molecule has 1 nitrogen and oxygen atoms in total. The van der Waals surface area contributed by atoms with Gasteiger partial charge in [-0.25, -0.2) is 0 Å². The molecule has 1 rings (SSSR count). The van der Waals surface area contributed by atoms with Crippen molar-refractivity contribution < 1.29 is 5.11 Å². The second-order valence-corrected chi connectivity index (χ2v) is 10.8. The Balaban J connectivity index is 2.98. The monoisotopic (exact) mass is 244 g/mol. The first-order valence-electron chi connectivity index (χ1n) is 6.68. The Hall–Kier alpha value is 0.390. The third-order valence-corrected chi connectivity index (χ3v) is 7.93. The summed E-state index contributed by atoms with van der Waals surface area (Å²) in [5.41, 5.74) is 0.704. The fourth-order valence-electron chi connectivity index (χ4n) is 3.95. The summed E-state index contributed by atoms with van der Waals surface area (Å²) in [5, 5.41) is 10.8. The van der Waals surface area contributed by atoms with Gasteiger partial charge < -0.3 is 5.11 Å². The molecule has 4 unspecified atom stereocenters. The number of rotatable bonds is 2. The summed E-state index contributed by atoms with van der Waals surface area (Å²) in [6.07, 6.45) is 4.49. The Morgan fingerprint density at radius 2 is 1.94 bits per heavy atom. The van der Waals surface area contributed by atoms with Crippen LogP contribution in [0.2, 0.25) is 0 Å². The molecule has 1 N–H and O–H groups in total. The molecule has 0 radical (unpaired) electrons. The normalized spacial score (nSPS) is 41.1. The number of hydrogen-bond donors (Lipinski definition) is 1. The molecule has 0 amide bonds. The molecule has 16 heavy (non-hydrogen) atoms. The molecule has 1 saturated heterocycles. The zero-order chi connectivity index (χ0) is 12.6. The summed E-state index contributed by atoms with van der Waals surface area (Å²) in [7, 11) is -0.0120. The molecule has 0 aromatic carbocycles. The van der Waals surface area contributed by atoms with Gasteiger partial charge in [0.15, 0.2) is 0 Å². The van der Waals surface area contributed by atoms with E-state index < -0.39 is 0 Å². The molecule has 0 spiro atoms. The first-order valence-corrected chi connectivity index (χ1v) is 8.09. The lowest BCUT2D eigenvalue weighted by molar-refractivity contribution is 0.130. The van der Waals surface area contributed by atoms with Crippen LogP contribution in [0.3, 0.4) is 0 Å². The molecule has 1 heterocycles. The molecule has 0 aromatic heterocycles. The van der Waals surface area contributed by atoms with Crippen molar-refractivity contribution in [3.05, 3.63) is 0 Å². The predicted molar refractivity (Wildman–Crippen MR) is 74.7 cm³/mol. The summed E-state index contributed by atoms with van der Waals surface area (Å²) >= 11 is 0. The van der Waals surface area contributed by atoms with Crippen LogP contribution in [0, 0.1) is 0 Å². The van der Waals surface area contributed by atoms with Crippen molar-refractivity contribution in [2.24, 2.45) is 0 Å². The van der Waals surface area contributed by atoms with E-state index in [0.29, 0.717) is 16.0 Å². The van der Waals surface area contributed by atoms with Crippen LogP contribution in [-0.4, -0.2) is 27.2 Å². The van der Waals surface area contributed by atoms with Crippen LogP contribution in [0.4, 0.5) is 0 Å². The van der Waals surface area contributed by atoms with Crippen molar-refractivity contribution in [1.29, 1.82) is 0 Å². The molecule has 1 aliphatic heterocycles. The van der Waals surface area contributed by atoms with Gasteiger partial charge in [-0.1, -0.05) is 55.9 Å². The van der Waals surface area contributed by atoms with E-state index in [-0.39, 0.29) is 14.0 Å². The third kappa shape index (κ3) is 2.99. The summed E-state index contributed by atoms with van der Waals surface area (Å²) in [4.78, 5) is 0. The van der Waals surface area contributed by atoms with Crippen molar-refractivity contribution in [1.82, 2.24) is 0 Å². The highest BCUT2D eigenvalue weighted by molar-refractivity contribution is 7.61. The van der Waals surface area contributed by atoms with Gasteiger partial charge in [0.05, 0.1) is 6.10 Å². The molecular formula is C14H29OP. The van der Waals surface area contributed by atoms with Gasteiger partial charge in [0.2, 0.25) is 0 Å². The molecule has 96 valence electrons. The smallest absolute Gasteiger partial charge is 0.0554 e. The number of hydrogen-bond acceptors (Lipinski definition) is 1. The summed E-state index contributed by atoms with van der Waals surface area (Å²) in [6.45, 7) is 14.2. The van der Waals surface area contributed by atoms with E-state index in [4.69, 9.17) is 0 Å². The first kappa shape index (κ1) is 14.5. The van der Waals surface area contributed by atoms with Crippen LogP contribution in [0.25, 0.3) is 0 Å². The highest BCUT2D eigenvalue weighted by atomic mass is 31.1. The van der Waals surface area contributed by atoms with Crippen LogP contribution < -0.4 is 0 Å². The van der Waals surface area contributed by atoms with E-state index in [0.717, 1.165) is 12.8 Å². The molecule has 0 bridgehead atoms. The molecule has 1 fully saturated rings. The molecule has 4 atom stereocenters. The van der Waals surface area contributed by atoms with Crippen LogP contribution in [0.15, 0.2) is 0 Å². The maximum absolute atomic E-state index is 10.0. The SMILES string of the molecule is CCCC1(C)CC(O)CC(C)P1C(C)(C)C. The lowest BCUT2D eigenvalue weighted by atomic mass is 9.94. The van der Waals surface area contributed by atoms with Crippen molar-refractivity contribution >= 4 is 7.92 Å². The highest BCUT2D eigenvalue weighted by Gasteiger charge is 2.47. The van der Waals surface area contributed by atoms with Crippen molar-refractivity contribution in [2.75, 3.05) is 0 Å². The van der Waals surface area contributed by atoms with Crippen LogP contribution >= 0.6 is 7.92 Å². The zero-order valence-electron chi connectivity index (χ0n) is 11.9. The topological polar surface area (TPSA) is 20.2 Å². The quantitative estimate of drug-likeness (QED) is 0.715. The van der Waals surface area contributed by atoms with Crippen molar-refractivity contribution in [3.8, 4) is 0 Å². The van der Waals surface area contributed by atoms with Gasteiger partial charge in [0, 0.05) is 0 Å². The van der Waals surface area contributed by atoms with E-state index in [9.17, 15) is 5.11 Å². The van der Waals surface area contributed by atoms with E-state index in [1.165, 1.54) is 12.8 Å². The average molecular weight is 244 g/mol. The van der Waals surface area contributed by atoms with Gasteiger partial charge in [0.25, 0.3) is 0 Å². The maximum Gasteiger partial charge on any atom is 0.0554 e. The zero-order valence-corrected chi connectivity index (χ0v) is 12.8. The fourth-order valence-corrected chi connectivity index (χ4v) is 9.28. The molecule has 2 heteroatoms. The van der Waals surface area contributed by atoms with Crippen LogP contribution in [-0.2, 0) is 0 Å². The first-order chi connectivity index (χ1) is 7.20. The van der Waals surface area contributed by atoms with Crippen LogP contribution in [0.1, 0.15) is 67.2 Å². The van der Waals surface area contributed by atoms with Crippen molar-refractivity contribution in [3.63, 3.8) is 0 Å². The minimum Gasteiger partial charge on any atom is -0.393 e. The van der Waals surface area contributed by atoms with Gasteiger partial charge in [-0.05, 0) is 35.2 Å². The van der Waals surface area contributed by atoms with Crippen LogP contribution in [0.5, 0.6) is 0 Å². The molecule has 0 aromatic rings. The second-order valence-electron chi connectivity index (χ2n) is 6.73. The molecule has 1 aliphatic rings. The Morgan fingerprint density at radius 3 is 2.38 bits per heavy atom. The Bertz CT molecular complexity index is 233. The van der Waals surface area contributed by atoms with E-state index in [2.05, 4.69) is 41.5 Å². The molecular weight excluding hydrogens is 215 g/mol. The summed E-state index contributed by atoms with van der Waals surface area (Å²) in [5.74, 6) is 0. The standard InChI is InChI=1S/C14H29OP/c1-7-8-14(6)10-12(15)9-11(2)16(14)13(3,4)5/h11-12,15H,7-10H2,1-6H3. The third-order valence-electron chi connectivity index (χ3n) is 3.82. The summed E-state index contributed by atoms with van der Waals surface area (Å²) in [6, 6.07) is 0. The Morgan fingerprint density at radius 1 is 1.38 bits per heavy atom. The average Bonchev–Trinajstić information content (AvgIpc) is 1.97. The maximum atomic E-state index is 10.0. The predicted octanol–water partition coefficient (Wildman–Crippen LogP) is 4.37. The largest absolute Gasteiger partial charge is 0.393 e. The lowest BCUT2D eigenvalue weighted by Crippen LogP contribution is -2.43. The molecule has 0 aliphatic carbocycles. The van der Waals surface area contributed by atoms with Gasteiger partial charge in [-0.2, -0.15) is 0 Å². The van der Waals surface area contributed by atoms with Crippen molar-refractivity contribution in [2.45, 2.75) is 89.3 Å². The minimum atomic E-state index is -0.0624. The summed E-state index contributed by atoms with van der Waals surface area (Å²) < 4.78 is 0. The van der Waals surface area contributed by atoms with E-state index in [1.54, 1.807) is 0 Å². The Kier molecular flexibility index (Phi) is 4.46. The number of aliphatic hydroxyl groups excluding tert-OH is 1. The van der Waals surface area contributed by atoms with Gasteiger partial charge in [0.1, 0.15) is 0 Å². The number of aliphatic hydroxyl groups is 1. The lowest BCUT2D eigenvalue weighted by Gasteiger charge is -2.53.